The Balaban J connectivity index is 1.86. The maximum Gasteiger partial charge on any atom is 0.220 e. The van der Waals surface area contributed by atoms with Gasteiger partial charge in [-0.2, -0.15) is 0 Å². The highest BCUT2D eigenvalue weighted by molar-refractivity contribution is 6.30. The quantitative estimate of drug-likeness (QED) is 0.879. The van der Waals surface area contributed by atoms with Crippen LogP contribution in [0.25, 0.3) is 0 Å². The summed E-state index contributed by atoms with van der Waals surface area (Å²) in [5, 5.41) is 7.00. The number of hydrogen-bond acceptors (Lipinski definition) is 2. The van der Waals surface area contributed by atoms with E-state index in [9.17, 15) is 4.79 Å². The molecule has 0 radical (unpaired) electrons. The molecular weight excluding hydrogens is 248 g/mol. The zero-order chi connectivity index (χ0) is 13.0. The molecule has 4 heteroatoms. The van der Waals surface area contributed by atoms with Gasteiger partial charge >= 0.3 is 0 Å². The van der Waals surface area contributed by atoms with E-state index >= 15 is 0 Å². The van der Waals surface area contributed by atoms with E-state index in [1.807, 2.05) is 31.2 Å². The Morgan fingerprint density at radius 1 is 1.61 bits per heavy atom. The molecule has 1 saturated heterocycles. The van der Waals surface area contributed by atoms with Gasteiger partial charge in [-0.3, -0.25) is 4.79 Å². The molecule has 98 valence electrons. The highest BCUT2D eigenvalue weighted by Crippen LogP contribution is 2.18. The largest absolute Gasteiger partial charge is 0.350 e. The molecule has 2 rings (SSSR count). The molecule has 1 fully saturated rings. The number of nitrogens with one attached hydrogen (secondary N) is 2. The molecule has 3 nitrogen and oxygen atoms in total. The lowest BCUT2D eigenvalue weighted by Crippen LogP contribution is -2.28. The van der Waals surface area contributed by atoms with Gasteiger partial charge in [-0.05, 0) is 50.0 Å². The van der Waals surface area contributed by atoms with E-state index in [0.29, 0.717) is 17.4 Å². The molecule has 0 saturated carbocycles. The van der Waals surface area contributed by atoms with Crippen LogP contribution in [-0.2, 0) is 4.79 Å². The van der Waals surface area contributed by atoms with Crippen molar-refractivity contribution in [1.29, 1.82) is 0 Å². The van der Waals surface area contributed by atoms with Crippen molar-refractivity contribution in [2.75, 3.05) is 13.1 Å². The van der Waals surface area contributed by atoms with Crippen LogP contribution >= 0.6 is 11.6 Å². The fourth-order valence-electron chi connectivity index (χ4n) is 2.31. The van der Waals surface area contributed by atoms with Gasteiger partial charge in [-0.1, -0.05) is 23.7 Å². The van der Waals surface area contributed by atoms with Crippen LogP contribution in [0.15, 0.2) is 24.3 Å². The molecule has 1 amide bonds. The van der Waals surface area contributed by atoms with Crippen LogP contribution in [0.5, 0.6) is 0 Å². The minimum Gasteiger partial charge on any atom is -0.350 e. The van der Waals surface area contributed by atoms with Gasteiger partial charge in [0.15, 0.2) is 0 Å². The third-order valence-electron chi connectivity index (χ3n) is 3.36. The number of carbonyl (C=O) groups excluding carboxylic acids is 1. The third-order valence-corrected chi connectivity index (χ3v) is 3.60. The Labute approximate surface area is 113 Å². The van der Waals surface area contributed by atoms with Crippen molar-refractivity contribution < 1.29 is 4.79 Å². The molecule has 0 spiro atoms. The number of carbonyl (C=O) groups is 1. The second-order valence-corrected chi connectivity index (χ2v) is 5.34. The van der Waals surface area contributed by atoms with E-state index < -0.39 is 0 Å². The fraction of sp³-hybridized carbons (Fsp3) is 0.500. The lowest BCUT2D eigenvalue weighted by molar-refractivity contribution is -0.122. The standard InChI is InChI=1S/C14H19ClN2O/c1-10(12-3-2-4-13(15)8-12)17-14(18)7-11-5-6-16-9-11/h2-4,8,10-11,16H,5-7,9H2,1H3,(H,17,18)/t10-,11?/m1/s1. The molecule has 1 aliphatic heterocycles. The smallest absolute Gasteiger partial charge is 0.220 e. The Kier molecular flexibility index (Phi) is 4.61. The van der Waals surface area contributed by atoms with E-state index in [-0.39, 0.29) is 11.9 Å². The van der Waals surface area contributed by atoms with E-state index in [2.05, 4.69) is 10.6 Å². The molecule has 1 aliphatic rings. The predicted molar refractivity (Wildman–Crippen MR) is 73.6 cm³/mol. The molecule has 18 heavy (non-hydrogen) atoms. The van der Waals surface area contributed by atoms with Crippen molar-refractivity contribution in [2.24, 2.45) is 5.92 Å². The Hall–Kier alpha value is -1.06. The monoisotopic (exact) mass is 266 g/mol. The van der Waals surface area contributed by atoms with Gasteiger partial charge in [0.2, 0.25) is 5.91 Å². The van der Waals surface area contributed by atoms with Crippen molar-refractivity contribution in [3.63, 3.8) is 0 Å². The summed E-state index contributed by atoms with van der Waals surface area (Å²) < 4.78 is 0. The molecule has 0 bridgehead atoms. The maximum absolute atomic E-state index is 11.9. The summed E-state index contributed by atoms with van der Waals surface area (Å²) in [6.07, 6.45) is 1.71. The van der Waals surface area contributed by atoms with Gasteiger partial charge < -0.3 is 10.6 Å². The molecule has 2 atom stereocenters. The summed E-state index contributed by atoms with van der Waals surface area (Å²) in [6, 6.07) is 7.62. The van der Waals surface area contributed by atoms with Crippen LogP contribution in [0.3, 0.4) is 0 Å². The number of amides is 1. The zero-order valence-corrected chi connectivity index (χ0v) is 11.3. The third kappa shape index (κ3) is 3.72. The second kappa shape index (κ2) is 6.21. The normalized spacial score (nSPS) is 20.7. The SMILES string of the molecule is C[C@@H](NC(=O)CC1CCNC1)c1cccc(Cl)c1. The lowest BCUT2D eigenvalue weighted by atomic mass is 10.0. The first-order valence-electron chi connectivity index (χ1n) is 6.40. The molecule has 0 aromatic heterocycles. The van der Waals surface area contributed by atoms with E-state index in [0.717, 1.165) is 25.1 Å². The summed E-state index contributed by atoms with van der Waals surface area (Å²) in [5.41, 5.74) is 1.04. The first-order chi connectivity index (χ1) is 8.65. The van der Waals surface area contributed by atoms with Crippen LogP contribution in [0.2, 0.25) is 5.02 Å². The summed E-state index contributed by atoms with van der Waals surface area (Å²) in [7, 11) is 0. The Bertz CT molecular complexity index is 416. The van der Waals surface area contributed by atoms with Gasteiger partial charge in [0, 0.05) is 11.4 Å². The van der Waals surface area contributed by atoms with Crippen molar-refractivity contribution in [2.45, 2.75) is 25.8 Å². The number of rotatable bonds is 4. The van der Waals surface area contributed by atoms with E-state index in [1.54, 1.807) is 0 Å². The summed E-state index contributed by atoms with van der Waals surface area (Å²) in [5.74, 6) is 0.604. The molecule has 1 aromatic rings. The summed E-state index contributed by atoms with van der Waals surface area (Å²) in [4.78, 5) is 11.9. The van der Waals surface area contributed by atoms with E-state index in [4.69, 9.17) is 11.6 Å². The number of halogens is 1. The Morgan fingerprint density at radius 3 is 3.11 bits per heavy atom. The Morgan fingerprint density at radius 2 is 2.44 bits per heavy atom. The highest BCUT2D eigenvalue weighted by atomic mass is 35.5. The van der Waals surface area contributed by atoms with Crippen molar-refractivity contribution >= 4 is 17.5 Å². The molecule has 2 N–H and O–H groups in total. The molecule has 0 aliphatic carbocycles. The first kappa shape index (κ1) is 13.4. The summed E-state index contributed by atoms with van der Waals surface area (Å²) in [6.45, 7) is 3.97. The van der Waals surface area contributed by atoms with Crippen LogP contribution in [0.4, 0.5) is 0 Å². The molecule has 1 unspecified atom stereocenters. The van der Waals surface area contributed by atoms with Crippen LogP contribution < -0.4 is 10.6 Å². The summed E-state index contributed by atoms with van der Waals surface area (Å²) >= 11 is 5.94. The predicted octanol–water partition coefficient (Wildman–Crippen LogP) is 2.52. The van der Waals surface area contributed by atoms with Crippen molar-refractivity contribution in [3.8, 4) is 0 Å². The number of benzene rings is 1. The topological polar surface area (TPSA) is 41.1 Å². The second-order valence-electron chi connectivity index (χ2n) is 4.91. The minimum atomic E-state index is 0.00515. The van der Waals surface area contributed by atoms with Crippen molar-refractivity contribution in [3.05, 3.63) is 34.9 Å². The molecular formula is C14H19ClN2O. The van der Waals surface area contributed by atoms with Gasteiger partial charge in [0.1, 0.15) is 0 Å². The lowest BCUT2D eigenvalue weighted by Gasteiger charge is -2.16. The van der Waals surface area contributed by atoms with Gasteiger partial charge in [-0.25, -0.2) is 0 Å². The average molecular weight is 267 g/mol. The molecule has 1 aromatic carbocycles. The van der Waals surface area contributed by atoms with Crippen LogP contribution in [0.1, 0.15) is 31.4 Å². The zero-order valence-electron chi connectivity index (χ0n) is 10.6. The fourth-order valence-corrected chi connectivity index (χ4v) is 2.51. The van der Waals surface area contributed by atoms with Crippen LogP contribution in [-0.4, -0.2) is 19.0 Å². The van der Waals surface area contributed by atoms with Gasteiger partial charge in [0.05, 0.1) is 6.04 Å². The van der Waals surface area contributed by atoms with Gasteiger partial charge in [0.25, 0.3) is 0 Å². The minimum absolute atomic E-state index is 0.00515. The number of hydrogen-bond donors (Lipinski definition) is 2. The van der Waals surface area contributed by atoms with Crippen LogP contribution in [0, 0.1) is 5.92 Å². The van der Waals surface area contributed by atoms with Crippen molar-refractivity contribution in [1.82, 2.24) is 10.6 Å². The van der Waals surface area contributed by atoms with Gasteiger partial charge in [-0.15, -0.1) is 0 Å². The average Bonchev–Trinajstić information content (AvgIpc) is 2.81. The highest BCUT2D eigenvalue weighted by Gasteiger charge is 2.19. The van der Waals surface area contributed by atoms with E-state index in [1.165, 1.54) is 0 Å². The molecule has 1 heterocycles. The maximum atomic E-state index is 11.9. The first-order valence-corrected chi connectivity index (χ1v) is 6.78.